The van der Waals surface area contributed by atoms with Gasteiger partial charge in [0, 0.05) is 12.3 Å². The summed E-state index contributed by atoms with van der Waals surface area (Å²) in [5, 5.41) is 18.9. The van der Waals surface area contributed by atoms with E-state index in [1.54, 1.807) is 6.08 Å². The lowest BCUT2D eigenvalue weighted by Gasteiger charge is -2.36. The van der Waals surface area contributed by atoms with E-state index < -0.39 is 5.60 Å². The number of hydrogen-bond acceptors (Lipinski definition) is 2. The van der Waals surface area contributed by atoms with Crippen LogP contribution in [0.3, 0.4) is 0 Å². The zero-order chi connectivity index (χ0) is 9.90. The van der Waals surface area contributed by atoms with E-state index in [0.29, 0.717) is 6.42 Å². The molecule has 0 aliphatic heterocycles. The fourth-order valence-corrected chi connectivity index (χ4v) is 1.64. The van der Waals surface area contributed by atoms with E-state index in [0.717, 1.165) is 0 Å². The van der Waals surface area contributed by atoms with Gasteiger partial charge in [0.15, 0.2) is 0 Å². The monoisotopic (exact) mass is 177 g/mol. The van der Waals surface area contributed by atoms with Crippen LogP contribution in [0, 0.1) is 23.2 Å². The number of rotatable bonds is 2. The zero-order valence-electron chi connectivity index (χ0n) is 8.07. The molecule has 13 heavy (non-hydrogen) atoms. The van der Waals surface area contributed by atoms with Gasteiger partial charge < -0.3 is 5.11 Å². The molecule has 1 aliphatic carbocycles. The number of nitriles is 1. The molecule has 0 aromatic rings. The molecule has 0 saturated heterocycles. The Kier molecular flexibility index (Phi) is 2.90. The molecule has 0 fully saturated rings. The van der Waals surface area contributed by atoms with Gasteiger partial charge >= 0.3 is 0 Å². The van der Waals surface area contributed by atoms with Crippen molar-refractivity contribution in [2.24, 2.45) is 11.8 Å². The molecular formula is C11H15NO. The summed E-state index contributed by atoms with van der Waals surface area (Å²) in [6.07, 6.45) is 7.80. The predicted octanol–water partition coefficient (Wildman–Crippen LogP) is 2.03. The van der Waals surface area contributed by atoms with Gasteiger partial charge in [0.25, 0.3) is 0 Å². The Morgan fingerprint density at radius 1 is 1.54 bits per heavy atom. The van der Waals surface area contributed by atoms with Gasteiger partial charge in [-0.3, -0.25) is 0 Å². The highest BCUT2D eigenvalue weighted by molar-refractivity contribution is 5.23. The first-order valence-electron chi connectivity index (χ1n) is 4.56. The second-order valence-electron chi connectivity index (χ2n) is 3.75. The Bertz CT molecular complexity index is 272. The van der Waals surface area contributed by atoms with Crippen molar-refractivity contribution < 1.29 is 5.11 Å². The summed E-state index contributed by atoms with van der Waals surface area (Å²) in [6.45, 7) is 3.93. The van der Waals surface area contributed by atoms with Crippen LogP contribution in [0.25, 0.3) is 0 Å². The molecule has 2 heteroatoms. The van der Waals surface area contributed by atoms with Gasteiger partial charge in [-0.2, -0.15) is 5.26 Å². The Balaban J connectivity index is 2.88. The molecule has 0 bridgehead atoms. The van der Waals surface area contributed by atoms with Crippen LogP contribution in [0.2, 0.25) is 0 Å². The van der Waals surface area contributed by atoms with Crippen molar-refractivity contribution in [2.45, 2.75) is 25.9 Å². The topological polar surface area (TPSA) is 44.0 Å². The van der Waals surface area contributed by atoms with E-state index in [-0.39, 0.29) is 11.8 Å². The summed E-state index contributed by atoms with van der Waals surface area (Å²) in [5.74, 6) is 0.0644. The van der Waals surface area contributed by atoms with E-state index >= 15 is 0 Å². The second-order valence-corrected chi connectivity index (χ2v) is 3.75. The van der Waals surface area contributed by atoms with E-state index in [9.17, 15) is 5.11 Å². The molecular weight excluding hydrogens is 162 g/mol. The molecule has 0 aromatic heterocycles. The van der Waals surface area contributed by atoms with E-state index in [2.05, 4.69) is 6.07 Å². The average Bonchev–Trinajstić information content (AvgIpc) is 2.09. The molecule has 70 valence electrons. The Hall–Kier alpha value is -1.07. The van der Waals surface area contributed by atoms with Crippen LogP contribution in [-0.2, 0) is 0 Å². The largest absolute Gasteiger partial charge is 0.385 e. The first kappa shape index (κ1) is 10.0. The molecule has 0 amide bonds. The molecule has 2 nitrogen and oxygen atoms in total. The van der Waals surface area contributed by atoms with Crippen LogP contribution < -0.4 is 0 Å². The minimum atomic E-state index is -0.843. The maximum atomic E-state index is 10.3. The smallest absolute Gasteiger partial charge is 0.0925 e. The van der Waals surface area contributed by atoms with Gasteiger partial charge in [0.2, 0.25) is 0 Å². The van der Waals surface area contributed by atoms with Crippen LogP contribution >= 0.6 is 0 Å². The van der Waals surface area contributed by atoms with Crippen molar-refractivity contribution in [1.82, 2.24) is 0 Å². The third kappa shape index (κ3) is 1.81. The molecule has 0 spiro atoms. The molecule has 0 saturated carbocycles. The molecule has 0 heterocycles. The standard InChI is InChI=1S/C11H15NO/c1-9(2)11(13)7-4-3-5-10(11)6-8-12/h3-5,7,9-10,13H,6H2,1-2H3. The fraction of sp³-hybridized carbons (Fsp3) is 0.545. The van der Waals surface area contributed by atoms with Crippen LogP contribution in [-0.4, -0.2) is 10.7 Å². The first-order valence-corrected chi connectivity index (χ1v) is 4.56. The molecule has 2 atom stereocenters. The normalized spacial score (nSPS) is 32.1. The summed E-state index contributed by atoms with van der Waals surface area (Å²) >= 11 is 0. The molecule has 1 N–H and O–H groups in total. The van der Waals surface area contributed by atoms with Crippen molar-refractivity contribution in [3.63, 3.8) is 0 Å². The van der Waals surface area contributed by atoms with Crippen LogP contribution in [0.15, 0.2) is 24.3 Å². The molecule has 1 aliphatic rings. The highest BCUT2D eigenvalue weighted by atomic mass is 16.3. The van der Waals surface area contributed by atoms with E-state index in [1.807, 2.05) is 32.1 Å². The summed E-state index contributed by atoms with van der Waals surface area (Å²) < 4.78 is 0. The first-order chi connectivity index (χ1) is 6.11. The van der Waals surface area contributed by atoms with E-state index in [4.69, 9.17) is 5.26 Å². The predicted molar refractivity (Wildman–Crippen MR) is 51.8 cm³/mol. The van der Waals surface area contributed by atoms with E-state index in [1.165, 1.54) is 0 Å². The quantitative estimate of drug-likeness (QED) is 0.701. The van der Waals surface area contributed by atoms with Crippen molar-refractivity contribution in [3.8, 4) is 6.07 Å². The van der Waals surface area contributed by atoms with Gasteiger partial charge in [-0.15, -0.1) is 0 Å². The van der Waals surface area contributed by atoms with Gasteiger partial charge in [0.1, 0.15) is 0 Å². The molecule has 0 radical (unpaired) electrons. The minimum absolute atomic E-state index is 0.0671. The SMILES string of the molecule is CC(C)C1(O)C=CC=CC1CC#N. The minimum Gasteiger partial charge on any atom is -0.385 e. The summed E-state index contributed by atoms with van der Waals surface area (Å²) in [4.78, 5) is 0. The highest BCUT2D eigenvalue weighted by Gasteiger charge is 2.36. The Morgan fingerprint density at radius 3 is 2.77 bits per heavy atom. The van der Waals surface area contributed by atoms with Gasteiger partial charge in [-0.1, -0.05) is 38.2 Å². The van der Waals surface area contributed by atoms with Crippen molar-refractivity contribution >= 4 is 0 Å². The number of nitrogens with zero attached hydrogens (tertiary/aromatic N) is 1. The summed E-state index contributed by atoms with van der Waals surface area (Å²) in [5.41, 5.74) is -0.843. The fourth-order valence-electron chi connectivity index (χ4n) is 1.64. The van der Waals surface area contributed by atoms with Gasteiger partial charge in [-0.05, 0) is 5.92 Å². The van der Waals surface area contributed by atoms with Gasteiger partial charge in [0.05, 0.1) is 11.7 Å². The van der Waals surface area contributed by atoms with Crippen molar-refractivity contribution in [1.29, 1.82) is 5.26 Å². The van der Waals surface area contributed by atoms with Gasteiger partial charge in [-0.25, -0.2) is 0 Å². The maximum Gasteiger partial charge on any atom is 0.0925 e. The Labute approximate surface area is 79.2 Å². The van der Waals surface area contributed by atoms with Crippen LogP contribution in [0.4, 0.5) is 0 Å². The van der Waals surface area contributed by atoms with Crippen LogP contribution in [0.1, 0.15) is 20.3 Å². The highest BCUT2D eigenvalue weighted by Crippen LogP contribution is 2.33. The third-order valence-electron chi connectivity index (χ3n) is 2.65. The average molecular weight is 177 g/mol. The maximum absolute atomic E-state index is 10.3. The summed E-state index contributed by atoms with van der Waals surface area (Å²) in [6, 6.07) is 2.10. The van der Waals surface area contributed by atoms with Crippen molar-refractivity contribution in [3.05, 3.63) is 24.3 Å². The van der Waals surface area contributed by atoms with Crippen LogP contribution in [0.5, 0.6) is 0 Å². The summed E-state index contributed by atoms with van der Waals surface area (Å²) in [7, 11) is 0. The number of allylic oxidation sites excluding steroid dienone is 2. The second kappa shape index (κ2) is 3.76. The number of aliphatic hydroxyl groups is 1. The number of hydrogen-bond donors (Lipinski definition) is 1. The molecule has 2 unspecified atom stereocenters. The Morgan fingerprint density at radius 2 is 2.23 bits per heavy atom. The lowest BCUT2D eigenvalue weighted by atomic mass is 9.75. The lowest BCUT2D eigenvalue weighted by molar-refractivity contribution is 0.00389. The zero-order valence-corrected chi connectivity index (χ0v) is 8.07. The molecule has 1 rings (SSSR count). The third-order valence-corrected chi connectivity index (χ3v) is 2.65. The lowest BCUT2D eigenvalue weighted by Crippen LogP contribution is -2.41. The molecule has 0 aromatic carbocycles. The van der Waals surface area contributed by atoms with Crippen molar-refractivity contribution in [2.75, 3.05) is 0 Å².